The average molecular weight is 488 g/mol. The Morgan fingerprint density at radius 3 is 2.49 bits per heavy atom. The first-order chi connectivity index (χ1) is 16.9. The maximum absolute atomic E-state index is 13.7. The zero-order chi connectivity index (χ0) is 24.9. The lowest BCUT2D eigenvalue weighted by molar-refractivity contribution is 0.0937. The summed E-state index contributed by atoms with van der Waals surface area (Å²) in [7, 11) is 1.59. The second kappa shape index (κ2) is 10.9. The molecule has 0 saturated carbocycles. The first-order valence-electron chi connectivity index (χ1n) is 11.5. The summed E-state index contributed by atoms with van der Waals surface area (Å²) in [4.78, 5) is 31.2. The van der Waals surface area contributed by atoms with Gasteiger partial charge in [-0.1, -0.05) is 42.1 Å². The lowest BCUT2D eigenvalue weighted by Crippen LogP contribution is -2.27. The van der Waals surface area contributed by atoms with E-state index in [4.69, 9.17) is 9.72 Å². The summed E-state index contributed by atoms with van der Waals surface area (Å²) in [5.74, 6) is 0.449. The van der Waals surface area contributed by atoms with Gasteiger partial charge in [0.05, 0.1) is 23.2 Å². The summed E-state index contributed by atoms with van der Waals surface area (Å²) in [5.41, 5.74) is 6.12. The SMILES string of the molecule is COCCNC(=O)c1ccc2c(=O)n(-c3cc(C)cc(C)c3)c(SCc3ccccc3C)nc2c1. The first-order valence-corrected chi connectivity index (χ1v) is 12.5. The van der Waals surface area contributed by atoms with Gasteiger partial charge in [-0.05, 0) is 73.4 Å². The Morgan fingerprint density at radius 1 is 1.03 bits per heavy atom. The normalized spacial score (nSPS) is 11.1. The summed E-state index contributed by atoms with van der Waals surface area (Å²) < 4.78 is 6.68. The highest BCUT2D eigenvalue weighted by Crippen LogP contribution is 2.27. The average Bonchev–Trinajstić information content (AvgIpc) is 2.82. The van der Waals surface area contributed by atoms with Crippen molar-refractivity contribution in [2.24, 2.45) is 0 Å². The molecular formula is C28H29N3O3S. The minimum absolute atomic E-state index is 0.154. The van der Waals surface area contributed by atoms with Crippen LogP contribution < -0.4 is 10.9 Å². The Balaban J connectivity index is 1.82. The number of carbonyl (C=O) groups excluding carboxylic acids is 1. The highest BCUT2D eigenvalue weighted by atomic mass is 32.2. The number of carbonyl (C=O) groups is 1. The molecule has 0 aliphatic heterocycles. The molecule has 0 unspecified atom stereocenters. The highest BCUT2D eigenvalue weighted by Gasteiger charge is 2.16. The van der Waals surface area contributed by atoms with E-state index in [0.717, 1.165) is 16.8 Å². The molecule has 0 radical (unpaired) electrons. The molecule has 0 bridgehead atoms. The van der Waals surface area contributed by atoms with Crippen molar-refractivity contribution < 1.29 is 9.53 Å². The summed E-state index contributed by atoms with van der Waals surface area (Å²) >= 11 is 1.52. The van der Waals surface area contributed by atoms with Gasteiger partial charge in [0.25, 0.3) is 11.5 Å². The van der Waals surface area contributed by atoms with Crippen molar-refractivity contribution in [3.63, 3.8) is 0 Å². The van der Waals surface area contributed by atoms with Gasteiger partial charge in [-0.2, -0.15) is 0 Å². The van der Waals surface area contributed by atoms with Gasteiger partial charge in [0.15, 0.2) is 5.16 Å². The quantitative estimate of drug-likeness (QED) is 0.216. The molecule has 35 heavy (non-hydrogen) atoms. The number of nitrogens with one attached hydrogen (secondary N) is 1. The van der Waals surface area contributed by atoms with Gasteiger partial charge in [0, 0.05) is 25.0 Å². The van der Waals surface area contributed by atoms with Crippen molar-refractivity contribution >= 4 is 28.6 Å². The van der Waals surface area contributed by atoms with Gasteiger partial charge in [0.1, 0.15) is 0 Å². The van der Waals surface area contributed by atoms with E-state index in [2.05, 4.69) is 30.4 Å². The number of amides is 1. The van der Waals surface area contributed by atoms with Gasteiger partial charge >= 0.3 is 0 Å². The van der Waals surface area contributed by atoms with Crippen LogP contribution in [0.3, 0.4) is 0 Å². The molecule has 0 spiro atoms. The molecule has 6 nitrogen and oxygen atoms in total. The Morgan fingerprint density at radius 2 is 1.77 bits per heavy atom. The Labute approximate surface area is 209 Å². The molecule has 7 heteroatoms. The number of benzene rings is 3. The van der Waals surface area contributed by atoms with E-state index in [-0.39, 0.29) is 11.5 Å². The minimum Gasteiger partial charge on any atom is -0.383 e. The second-order valence-electron chi connectivity index (χ2n) is 8.58. The van der Waals surface area contributed by atoms with E-state index in [1.54, 1.807) is 29.9 Å². The monoisotopic (exact) mass is 487 g/mol. The van der Waals surface area contributed by atoms with E-state index in [0.29, 0.717) is 40.5 Å². The number of thioether (sulfide) groups is 1. The number of hydrogen-bond donors (Lipinski definition) is 1. The third-order valence-electron chi connectivity index (χ3n) is 5.78. The van der Waals surface area contributed by atoms with Crippen LogP contribution in [-0.2, 0) is 10.5 Å². The van der Waals surface area contributed by atoms with Crippen LogP contribution in [0.15, 0.2) is 70.6 Å². The van der Waals surface area contributed by atoms with Gasteiger partial charge in [-0.25, -0.2) is 4.98 Å². The number of methoxy groups -OCH3 is 1. The molecule has 0 atom stereocenters. The van der Waals surface area contributed by atoms with Crippen molar-refractivity contribution in [3.8, 4) is 5.69 Å². The predicted octanol–water partition coefficient (Wildman–Crippen LogP) is 4.98. The first kappa shape index (κ1) is 24.7. The molecule has 0 aliphatic carbocycles. The number of rotatable bonds is 8. The predicted molar refractivity (Wildman–Crippen MR) is 142 cm³/mol. The fourth-order valence-corrected chi connectivity index (χ4v) is 5.08. The van der Waals surface area contributed by atoms with Crippen molar-refractivity contribution in [2.45, 2.75) is 31.7 Å². The van der Waals surface area contributed by atoms with E-state index in [9.17, 15) is 9.59 Å². The molecule has 1 amide bonds. The van der Waals surface area contributed by atoms with Crippen molar-refractivity contribution in [2.75, 3.05) is 20.3 Å². The van der Waals surface area contributed by atoms with Gasteiger partial charge in [0.2, 0.25) is 0 Å². The molecule has 0 saturated heterocycles. The number of nitrogens with zero attached hydrogens (tertiary/aromatic N) is 2. The third-order valence-corrected chi connectivity index (χ3v) is 6.76. The molecule has 4 aromatic rings. The summed E-state index contributed by atoms with van der Waals surface area (Å²) in [6.07, 6.45) is 0. The summed E-state index contributed by atoms with van der Waals surface area (Å²) in [6.45, 7) is 6.95. The molecule has 0 fully saturated rings. The van der Waals surface area contributed by atoms with Crippen LogP contribution in [0, 0.1) is 20.8 Å². The molecule has 3 aromatic carbocycles. The van der Waals surface area contributed by atoms with E-state index in [1.807, 2.05) is 38.1 Å². The van der Waals surface area contributed by atoms with Crippen LogP contribution in [-0.4, -0.2) is 35.7 Å². The van der Waals surface area contributed by atoms with Gasteiger partial charge in [-0.15, -0.1) is 0 Å². The van der Waals surface area contributed by atoms with Crippen LogP contribution in [0.5, 0.6) is 0 Å². The van der Waals surface area contributed by atoms with Gasteiger partial charge in [-0.3, -0.25) is 14.2 Å². The van der Waals surface area contributed by atoms with E-state index in [1.165, 1.54) is 22.9 Å². The van der Waals surface area contributed by atoms with Crippen LogP contribution in [0.2, 0.25) is 0 Å². The van der Waals surface area contributed by atoms with Crippen LogP contribution in [0.1, 0.15) is 32.6 Å². The van der Waals surface area contributed by atoms with Crippen molar-refractivity contribution in [1.82, 2.24) is 14.9 Å². The van der Waals surface area contributed by atoms with Gasteiger partial charge < -0.3 is 10.1 Å². The van der Waals surface area contributed by atoms with Crippen molar-refractivity contribution in [3.05, 3.63) is 98.8 Å². The topological polar surface area (TPSA) is 73.2 Å². The maximum atomic E-state index is 13.7. The molecule has 0 aliphatic rings. The second-order valence-corrected chi connectivity index (χ2v) is 9.52. The lowest BCUT2D eigenvalue weighted by Gasteiger charge is -2.15. The molecule has 1 N–H and O–H groups in total. The molecular weight excluding hydrogens is 458 g/mol. The largest absolute Gasteiger partial charge is 0.383 e. The van der Waals surface area contributed by atoms with E-state index < -0.39 is 0 Å². The van der Waals surface area contributed by atoms with Crippen LogP contribution >= 0.6 is 11.8 Å². The van der Waals surface area contributed by atoms with Crippen molar-refractivity contribution in [1.29, 1.82) is 0 Å². The number of aromatic nitrogens is 2. The number of ether oxygens (including phenoxy) is 1. The molecule has 1 heterocycles. The van der Waals surface area contributed by atoms with E-state index >= 15 is 0 Å². The van der Waals surface area contributed by atoms with Crippen LogP contribution in [0.4, 0.5) is 0 Å². The number of hydrogen-bond acceptors (Lipinski definition) is 5. The third kappa shape index (κ3) is 5.63. The summed E-state index contributed by atoms with van der Waals surface area (Å²) in [5, 5.41) is 3.88. The summed E-state index contributed by atoms with van der Waals surface area (Å²) in [6, 6.07) is 19.3. The molecule has 180 valence electrons. The maximum Gasteiger partial charge on any atom is 0.266 e. The minimum atomic E-state index is -0.224. The van der Waals surface area contributed by atoms with Crippen LogP contribution in [0.25, 0.3) is 16.6 Å². The smallest absolute Gasteiger partial charge is 0.266 e. The highest BCUT2D eigenvalue weighted by molar-refractivity contribution is 7.98. The standard InChI is InChI=1S/C28H29N3O3S/c1-18-13-19(2)15-23(14-18)31-27(33)24-10-9-21(26(32)29-11-12-34-4)16-25(24)30-28(31)35-17-22-8-6-5-7-20(22)3/h5-10,13-16H,11-12,17H2,1-4H3,(H,29,32). The zero-order valence-corrected chi connectivity index (χ0v) is 21.2. The Bertz CT molecular complexity index is 1430. The lowest BCUT2D eigenvalue weighted by atomic mass is 10.1. The molecule has 1 aromatic heterocycles. The zero-order valence-electron chi connectivity index (χ0n) is 20.4. The molecule has 4 rings (SSSR count). The fourth-order valence-electron chi connectivity index (χ4n) is 3.99. The fraction of sp³-hybridized carbons (Fsp3) is 0.250. The number of fused-ring (bicyclic) bond motifs is 1. The number of aryl methyl sites for hydroxylation is 3. The Kier molecular flexibility index (Phi) is 7.68. The Hall–Kier alpha value is -3.42.